The lowest BCUT2D eigenvalue weighted by Gasteiger charge is -2.10. The molecule has 0 bridgehead atoms. The Morgan fingerprint density at radius 1 is 1.54 bits per heavy atom. The average Bonchev–Trinajstić information content (AvgIpc) is 2.02. The molecule has 0 saturated carbocycles. The third-order valence-corrected chi connectivity index (χ3v) is 1.60. The fourth-order valence-electron chi connectivity index (χ4n) is 0.815. The zero-order valence-electron chi connectivity index (χ0n) is 8.49. The maximum absolute atomic E-state index is 10.6. The highest BCUT2D eigenvalue weighted by molar-refractivity contribution is 5.74. The van der Waals surface area contributed by atoms with Gasteiger partial charge in [-0.05, 0) is 25.3 Å². The van der Waals surface area contributed by atoms with E-state index < -0.39 is 12.1 Å². The summed E-state index contributed by atoms with van der Waals surface area (Å²) in [6.07, 6.45) is 3.33. The summed E-state index contributed by atoms with van der Waals surface area (Å²) in [5.74, 6) is -0.387. The largest absolute Gasteiger partial charge is 0.479 e. The molecule has 76 valence electrons. The average molecular weight is 186 g/mol. The number of carboxylic acids is 1. The van der Waals surface area contributed by atoms with Gasteiger partial charge in [0, 0.05) is 6.61 Å². The van der Waals surface area contributed by atoms with Crippen LogP contribution in [-0.4, -0.2) is 23.8 Å². The number of hydrogen-bond donors (Lipinski definition) is 1. The summed E-state index contributed by atoms with van der Waals surface area (Å²) >= 11 is 0. The third kappa shape index (κ3) is 6.34. The summed E-state index contributed by atoms with van der Waals surface area (Å²) in [7, 11) is 0. The van der Waals surface area contributed by atoms with Gasteiger partial charge in [-0.2, -0.15) is 0 Å². The monoisotopic (exact) mass is 186 g/mol. The first-order valence-electron chi connectivity index (χ1n) is 4.55. The Labute approximate surface area is 79.4 Å². The van der Waals surface area contributed by atoms with Crippen LogP contribution in [0.4, 0.5) is 0 Å². The first-order chi connectivity index (χ1) is 6.07. The Morgan fingerprint density at radius 3 is 2.54 bits per heavy atom. The second kappa shape index (κ2) is 6.66. The predicted octanol–water partition coefficient (Wildman–Crippen LogP) is 2.08. The zero-order chi connectivity index (χ0) is 10.3. The lowest BCUT2D eigenvalue weighted by molar-refractivity contribution is -0.147. The molecule has 0 spiro atoms. The molecule has 0 radical (unpaired) electrons. The van der Waals surface area contributed by atoms with Gasteiger partial charge in [0.25, 0.3) is 0 Å². The highest BCUT2D eigenvalue weighted by Crippen LogP contribution is 2.02. The number of rotatable bonds is 6. The molecule has 3 heteroatoms. The predicted molar refractivity (Wildman–Crippen MR) is 51.6 cm³/mol. The molecule has 0 heterocycles. The molecule has 0 aliphatic heterocycles. The normalized spacial score (nSPS) is 13.8. The molecule has 0 aliphatic carbocycles. The molecule has 0 aromatic rings. The lowest BCUT2D eigenvalue weighted by Crippen LogP contribution is -2.22. The standard InChI is InChI=1S/C10H18O3/c1-4-5-9(10(11)12)13-7-6-8(2)3/h4-5,8-9H,6-7H2,1-3H3,(H,11,12). The number of hydrogen-bond acceptors (Lipinski definition) is 2. The summed E-state index contributed by atoms with van der Waals surface area (Å²) in [4.78, 5) is 10.6. The van der Waals surface area contributed by atoms with Crippen molar-refractivity contribution in [3.05, 3.63) is 12.2 Å². The van der Waals surface area contributed by atoms with E-state index in [1.165, 1.54) is 0 Å². The quantitative estimate of drug-likeness (QED) is 0.646. The minimum absolute atomic E-state index is 0.499. The molecular weight excluding hydrogens is 168 g/mol. The van der Waals surface area contributed by atoms with Crippen LogP contribution >= 0.6 is 0 Å². The van der Waals surface area contributed by atoms with Crippen molar-refractivity contribution < 1.29 is 14.6 Å². The molecule has 0 aromatic heterocycles. The van der Waals surface area contributed by atoms with Crippen molar-refractivity contribution in [3.8, 4) is 0 Å². The van der Waals surface area contributed by atoms with E-state index in [4.69, 9.17) is 9.84 Å². The lowest BCUT2D eigenvalue weighted by atomic mass is 10.1. The van der Waals surface area contributed by atoms with E-state index in [1.807, 2.05) is 0 Å². The fourth-order valence-corrected chi connectivity index (χ4v) is 0.815. The molecule has 0 amide bonds. The van der Waals surface area contributed by atoms with Gasteiger partial charge < -0.3 is 9.84 Å². The highest BCUT2D eigenvalue weighted by Gasteiger charge is 2.13. The van der Waals surface area contributed by atoms with Gasteiger partial charge in [0.1, 0.15) is 0 Å². The molecule has 1 atom stereocenters. The highest BCUT2D eigenvalue weighted by atomic mass is 16.5. The minimum atomic E-state index is -0.929. The van der Waals surface area contributed by atoms with Crippen molar-refractivity contribution in [1.29, 1.82) is 0 Å². The van der Waals surface area contributed by atoms with E-state index in [0.29, 0.717) is 12.5 Å². The molecule has 13 heavy (non-hydrogen) atoms. The van der Waals surface area contributed by atoms with Gasteiger partial charge in [0.15, 0.2) is 6.10 Å². The fraction of sp³-hybridized carbons (Fsp3) is 0.700. The molecule has 0 aromatic carbocycles. The summed E-state index contributed by atoms with van der Waals surface area (Å²) in [6, 6.07) is 0. The summed E-state index contributed by atoms with van der Waals surface area (Å²) in [6.45, 7) is 6.43. The van der Waals surface area contributed by atoms with Crippen molar-refractivity contribution in [2.24, 2.45) is 5.92 Å². The van der Waals surface area contributed by atoms with E-state index in [0.717, 1.165) is 6.42 Å². The summed E-state index contributed by atoms with van der Waals surface area (Å²) in [5, 5.41) is 8.69. The Hall–Kier alpha value is -0.830. The van der Waals surface area contributed by atoms with Crippen LogP contribution in [0.1, 0.15) is 27.2 Å². The van der Waals surface area contributed by atoms with Crippen LogP contribution in [-0.2, 0) is 9.53 Å². The van der Waals surface area contributed by atoms with Crippen molar-refractivity contribution in [2.45, 2.75) is 33.3 Å². The van der Waals surface area contributed by atoms with Gasteiger partial charge in [-0.25, -0.2) is 4.79 Å². The van der Waals surface area contributed by atoms with Crippen LogP contribution < -0.4 is 0 Å². The molecule has 0 fully saturated rings. The Bertz CT molecular complexity index is 173. The van der Waals surface area contributed by atoms with E-state index in [2.05, 4.69) is 13.8 Å². The zero-order valence-corrected chi connectivity index (χ0v) is 8.49. The first-order valence-corrected chi connectivity index (χ1v) is 4.55. The van der Waals surface area contributed by atoms with Gasteiger partial charge in [0.2, 0.25) is 0 Å². The van der Waals surface area contributed by atoms with Crippen molar-refractivity contribution in [3.63, 3.8) is 0 Å². The molecule has 1 N–H and O–H groups in total. The second-order valence-corrected chi connectivity index (χ2v) is 3.34. The summed E-state index contributed by atoms with van der Waals surface area (Å²) in [5.41, 5.74) is 0. The SMILES string of the molecule is CC=CC(OCCC(C)C)C(=O)O. The molecule has 0 rings (SSSR count). The van der Waals surface area contributed by atoms with Crippen LogP contribution in [0.5, 0.6) is 0 Å². The molecule has 0 saturated heterocycles. The second-order valence-electron chi connectivity index (χ2n) is 3.34. The molecule has 0 aliphatic rings. The topological polar surface area (TPSA) is 46.5 Å². The van der Waals surface area contributed by atoms with E-state index in [9.17, 15) is 4.79 Å². The van der Waals surface area contributed by atoms with Crippen LogP contribution in [0.2, 0.25) is 0 Å². The Kier molecular flexibility index (Phi) is 6.24. The van der Waals surface area contributed by atoms with Gasteiger partial charge in [-0.3, -0.25) is 0 Å². The molecular formula is C10H18O3. The maximum Gasteiger partial charge on any atom is 0.336 e. The number of carbonyl (C=O) groups is 1. The molecule has 1 unspecified atom stereocenters. The van der Waals surface area contributed by atoms with Gasteiger partial charge in [0.05, 0.1) is 0 Å². The number of allylic oxidation sites excluding steroid dienone is 1. The Balaban J connectivity index is 3.77. The number of carboxylic acid groups (broad SMARTS) is 1. The van der Waals surface area contributed by atoms with E-state index in [-0.39, 0.29) is 0 Å². The van der Waals surface area contributed by atoms with Crippen molar-refractivity contribution in [1.82, 2.24) is 0 Å². The van der Waals surface area contributed by atoms with Gasteiger partial charge in [-0.15, -0.1) is 0 Å². The minimum Gasteiger partial charge on any atom is -0.479 e. The van der Waals surface area contributed by atoms with E-state index >= 15 is 0 Å². The smallest absolute Gasteiger partial charge is 0.336 e. The maximum atomic E-state index is 10.6. The van der Waals surface area contributed by atoms with Crippen LogP contribution in [0.3, 0.4) is 0 Å². The van der Waals surface area contributed by atoms with Crippen LogP contribution in [0.25, 0.3) is 0 Å². The van der Waals surface area contributed by atoms with Crippen molar-refractivity contribution in [2.75, 3.05) is 6.61 Å². The van der Waals surface area contributed by atoms with E-state index in [1.54, 1.807) is 19.1 Å². The third-order valence-electron chi connectivity index (χ3n) is 1.60. The Morgan fingerprint density at radius 2 is 2.15 bits per heavy atom. The van der Waals surface area contributed by atoms with Gasteiger partial charge >= 0.3 is 5.97 Å². The van der Waals surface area contributed by atoms with Crippen LogP contribution in [0, 0.1) is 5.92 Å². The van der Waals surface area contributed by atoms with Crippen LogP contribution in [0.15, 0.2) is 12.2 Å². The summed E-state index contributed by atoms with van der Waals surface area (Å²) < 4.78 is 5.17. The number of ether oxygens (including phenoxy) is 1. The number of aliphatic carboxylic acids is 1. The van der Waals surface area contributed by atoms with Crippen molar-refractivity contribution >= 4 is 5.97 Å². The first kappa shape index (κ1) is 12.2. The molecule has 3 nitrogen and oxygen atoms in total. The van der Waals surface area contributed by atoms with Gasteiger partial charge in [-0.1, -0.05) is 19.9 Å².